The highest BCUT2D eigenvalue weighted by Crippen LogP contribution is 2.39. The number of nitrogens with one attached hydrogen (secondary N) is 1. The lowest BCUT2D eigenvalue weighted by molar-refractivity contribution is -0.139. The standard InChI is InChI=1S/C22H23ClN2O4/c1-14-2-4-15(5-3-14)19-18(20(27)16-6-8-17(23)9-7-16)21(28)22(29)25(19)12-10-24-11-13-26/h2-9,19,24,26-27H,10-13H2,1H3. The maximum Gasteiger partial charge on any atom is 0.295 e. The van der Waals surface area contributed by atoms with Gasteiger partial charge in [-0.2, -0.15) is 0 Å². The number of likely N-dealkylation sites (tertiary alicyclic amines) is 1. The van der Waals surface area contributed by atoms with Gasteiger partial charge in [-0.05, 0) is 36.8 Å². The lowest BCUT2D eigenvalue weighted by Crippen LogP contribution is -2.36. The summed E-state index contributed by atoms with van der Waals surface area (Å²) < 4.78 is 0. The molecule has 0 aromatic heterocycles. The number of aliphatic hydroxyl groups is 2. The summed E-state index contributed by atoms with van der Waals surface area (Å²) in [5.41, 5.74) is 2.27. The minimum atomic E-state index is -0.717. The van der Waals surface area contributed by atoms with Crippen LogP contribution < -0.4 is 5.32 Å². The van der Waals surface area contributed by atoms with E-state index in [1.54, 1.807) is 24.3 Å². The van der Waals surface area contributed by atoms with E-state index in [9.17, 15) is 14.7 Å². The Hall–Kier alpha value is -2.67. The van der Waals surface area contributed by atoms with E-state index < -0.39 is 17.7 Å². The van der Waals surface area contributed by atoms with E-state index in [-0.39, 0.29) is 24.5 Å². The number of carbonyl (C=O) groups is 2. The molecule has 152 valence electrons. The van der Waals surface area contributed by atoms with Crippen molar-refractivity contribution in [2.75, 3.05) is 26.2 Å². The average Bonchev–Trinajstić information content (AvgIpc) is 2.96. The Bertz CT molecular complexity index is 923. The van der Waals surface area contributed by atoms with Crippen LogP contribution in [0.4, 0.5) is 0 Å². The molecule has 1 saturated heterocycles. The minimum Gasteiger partial charge on any atom is -0.507 e. The molecule has 1 amide bonds. The van der Waals surface area contributed by atoms with Gasteiger partial charge in [0.25, 0.3) is 11.7 Å². The number of Topliss-reactive ketones (excluding diaryl/α,β-unsaturated/α-hetero) is 1. The van der Waals surface area contributed by atoms with Gasteiger partial charge in [-0.3, -0.25) is 9.59 Å². The SMILES string of the molecule is Cc1ccc(C2C(=C(O)c3ccc(Cl)cc3)C(=O)C(=O)N2CCNCCO)cc1. The minimum absolute atomic E-state index is 0.0171. The quantitative estimate of drug-likeness (QED) is 0.280. The Morgan fingerprint density at radius 3 is 2.34 bits per heavy atom. The second-order valence-corrected chi connectivity index (χ2v) is 7.32. The van der Waals surface area contributed by atoms with Gasteiger partial charge in [0.1, 0.15) is 5.76 Å². The molecule has 29 heavy (non-hydrogen) atoms. The smallest absolute Gasteiger partial charge is 0.295 e. The van der Waals surface area contributed by atoms with E-state index in [2.05, 4.69) is 5.32 Å². The molecule has 3 N–H and O–H groups in total. The number of halogens is 1. The van der Waals surface area contributed by atoms with Gasteiger partial charge in [0, 0.05) is 30.2 Å². The summed E-state index contributed by atoms with van der Waals surface area (Å²) in [7, 11) is 0. The number of nitrogens with zero attached hydrogens (tertiary/aromatic N) is 1. The summed E-state index contributed by atoms with van der Waals surface area (Å²) in [6, 6.07) is 13.3. The van der Waals surface area contributed by atoms with E-state index >= 15 is 0 Å². The largest absolute Gasteiger partial charge is 0.507 e. The molecule has 1 aliphatic rings. The third kappa shape index (κ3) is 4.50. The second-order valence-electron chi connectivity index (χ2n) is 6.88. The molecule has 0 spiro atoms. The molecular weight excluding hydrogens is 392 g/mol. The Kier molecular flexibility index (Phi) is 6.69. The van der Waals surface area contributed by atoms with Crippen molar-refractivity contribution >= 4 is 29.1 Å². The zero-order chi connectivity index (χ0) is 21.0. The first kappa shape index (κ1) is 21.0. The zero-order valence-electron chi connectivity index (χ0n) is 16.1. The molecule has 1 aliphatic heterocycles. The van der Waals surface area contributed by atoms with Crippen LogP contribution in [-0.4, -0.2) is 53.0 Å². The summed E-state index contributed by atoms with van der Waals surface area (Å²) in [4.78, 5) is 27.1. The Morgan fingerprint density at radius 1 is 1.07 bits per heavy atom. The van der Waals surface area contributed by atoms with Crippen LogP contribution in [0.1, 0.15) is 22.7 Å². The monoisotopic (exact) mass is 414 g/mol. The Labute approximate surface area is 174 Å². The van der Waals surface area contributed by atoms with Crippen LogP contribution in [0.3, 0.4) is 0 Å². The Balaban J connectivity index is 2.05. The van der Waals surface area contributed by atoms with Crippen LogP contribution in [0.2, 0.25) is 5.02 Å². The van der Waals surface area contributed by atoms with Crippen molar-refractivity contribution in [2.24, 2.45) is 0 Å². The highest BCUT2D eigenvalue weighted by molar-refractivity contribution is 6.46. The third-order valence-corrected chi connectivity index (χ3v) is 5.12. The fraction of sp³-hybridized carbons (Fsp3) is 0.273. The van der Waals surface area contributed by atoms with Crippen molar-refractivity contribution in [1.82, 2.24) is 10.2 Å². The molecule has 6 nitrogen and oxygen atoms in total. The number of ketones is 1. The molecule has 1 unspecified atom stereocenters. The molecule has 2 aromatic carbocycles. The highest BCUT2D eigenvalue weighted by Gasteiger charge is 2.45. The fourth-order valence-electron chi connectivity index (χ4n) is 3.37. The average molecular weight is 415 g/mol. The molecule has 0 saturated carbocycles. The van der Waals surface area contributed by atoms with Crippen LogP contribution >= 0.6 is 11.6 Å². The first-order chi connectivity index (χ1) is 13.9. The summed E-state index contributed by atoms with van der Waals surface area (Å²) in [6.45, 7) is 3.01. The predicted octanol–water partition coefficient (Wildman–Crippen LogP) is 2.65. The summed E-state index contributed by atoms with van der Waals surface area (Å²) in [5.74, 6) is -1.60. The van der Waals surface area contributed by atoms with Gasteiger partial charge in [0.2, 0.25) is 0 Å². The molecule has 1 heterocycles. The van der Waals surface area contributed by atoms with Crippen molar-refractivity contribution < 1.29 is 19.8 Å². The predicted molar refractivity (Wildman–Crippen MR) is 112 cm³/mol. The van der Waals surface area contributed by atoms with Gasteiger partial charge >= 0.3 is 0 Å². The van der Waals surface area contributed by atoms with Crippen molar-refractivity contribution in [2.45, 2.75) is 13.0 Å². The van der Waals surface area contributed by atoms with Crippen LogP contribution in [0.25, 0.3) is 5.76 Å². The molecule has 7 heteroatoms. The number of aryl methyl sites for hydroxylation is 1. The summed E-state index contributed by atoms with van der Waals surface area (Å²) in [5, 5.41) is 23.3. The Morgan fingerprint density at radius 2 is 1.72 bits per heavy atom. The number of benzene rings is 2. The molecular formula is C22H23ClN2O4. The molecule has 1 atom stereocenters. The van der Waals surface area contributed by atoms with Crippen molar-refractivity contribution in [3.05, 3.63) is 75.8 Å². The van der Waals surface area contributed by atoms with Gasteiger partial charge in [-0.15, -0.1) is 0 Å². The summed E-state index contributed by atoms with van der Waals surface area (Å²) >= 11 is 5.92. The second kappa shape index (κ2) is 9.22. The van der Waals surface area contributed by atoms with E-state index in [4.69, 9.17) is 16.7 Å². The van der Waals surface area contributed by atoms with E-state index in [0.29, 0.717) is 23.7 Å². The molecule has 0 aliphatic carbocycles. The number of hydrogen-bond donors (Lipinski definition) is 3. The van der Waals surface area contributed by atoms with Crippen LogP contribution in [0.5, 0.6) is 0 Å². The number of hydrogen-bond acceptors (Lipinski definition) is 5. The maximum atomic E-state index is 12.8. The van der Waals surface area contributed by atoms with Gasteiger partial charge in [0.05, 0.1) is 18.2 Å². The fourth-order valence-corrected chi connectivity index (χ4v) is 3.50. The van der Waals surface area contributed by atoms with Gasteiger partial charge in [-0.1, -0.05) is 41.4 Å². The normalized spacial score (nSPS) is 18.4. The lowest BCUT2D eigenvalue weighted by atomic mass is 9.95. The van der Waals surface area contributed by atoms with E-state index in [0.717, 1.165) is 11.1 Å². The summed E-state index contributed by atoms with van der Waals surface area (Å²) in [6.07, 6.45) is 0. The first-order valence-corrected chi connectivity index (χ1v) is 9.74. The van der Waals surface area contributed by atoms with Gasteiger partial charge in [-0.25, -0.2) is 0 Å². The molecule has 3 rings (SSSR count). The van der Waals surface area contributed by atoms with E-state index in [1.807, 2.05) is 31.2 Å². The van der Waals surface area contributed by atoms with Crippen molar-refractivity contribution in [1.29, 1.82) is 0 Å². The number of rotatable bonds is 7. The van der Waals surface area contributed by atoms with Gasteiger partial charge < -0.3 is 20.4 Å². The molecule has 1 fully saturated rings. The number of carbonyl (C=O) groups excluding carboxylic acids is 2. The number of aliphatic hydroxyl groups excluding tert-OH is 2. The van der Waals surface area contributed by atoms with Gasteiger partial charge in [0.15, 0.2) is 0 Å². The van der Waals surface area contributed by atoms with E-state index in [1.165, 1.54) is 4.90 Å². The first-order valence-electron chi connectivity index (χ1n) is 9.36. The highest BCUT2D eigenvalue weighted by atomic mass is 35.5. The third-order valence-electron chi connectivity index (χ3n) is 4.87. The van der Waals surface area contributed by atoms with Crippen LogP contribution in [0.15, 0.2) is 54.1 Å². The maximum absolute atomic E-state index is 12.8. The van der Waals surface area contributed by atoms with Crippen LogP contribution in [0, 0.1) is 6.92 Å². The van der Waals surface area contributed by atoms with Crippen molar-refractivity contribution in [3.8, 4) is 0 Å². The number of amides is 1. The molecule has 0 bridgehead atoms. The topological polar surface area (TPSA) is 89.9 Å². The lowest BCUT2D eigenvalue weighted by Gasteiger charge is -2.25. The molecule has 0 radical (unpaired) electrons. The van der Waals surface area contributed by atoms with Crippen molar-refractivity contribution in [3.63, 3.8) is 0 Å². The van der Waals surface area contributed by atoms with Crippen LogP contribution in [-0.2, 0) is 9.59 Å². The zero-order valence-corrected chi connectivity index (χ0v) is 16.8. The molecule has 2 aromatic rings.